The number of fused-ring (bicyclic) bond motifs is 1. The second-order valence-electron chi connectivity index (χ2n) is 8.04. The van der Waals surface area contributed by atoms with Crippen molar-refractivity contribution in [2.24, 2.45) is 0 Å². The van der Waals surface area contributed by atoms with E-state index in [9.17, 15) is 9.18 Å². The van der Waals surface area contributed by atoms with Gasteiger partial charge >= 0.3 is 0 Å². The molecule has 4 aromatic rings. The third-order valence-corrected chi connectivity index (χ3v) is 5.27. The zero-order chi connectivity index (χ0) is 24.8. The molecule has 0 atom stereocenters. The maximum absolute atomic E-state index is 14.4. The molecule has 0 saturated carbocycles. The fraction of sp³-hybridized carbons (Fsp3) is 0.115. The van der Waals surface area contributed by atoms with Crippen LogP contribution in [-0.4, -0.2) is 41.4 Å². The summed E-state index contributed by atoms with van der Waals surface area (Å²) in [5.74, 6) is -0.116. The molecule has 1 heterocycles. The molecule has 0 aliphatic carbocycles. The van der Waals surface area contributed by atoms with Gasteiger partial charge in [0, 0.05) is 35.6 Å². The van der Waals surface area contributed by atoms with Gasteiger partial charge in [-0.2, -0.15) is 4.98 Å². The summed E-state index contributed by atoms with van der Waals surface area (Å²) in [4.78, 5) is 22.6. The topological polar surface area (TPSA) is 82.2 Å². The van der Waals surface area contributed by atoms with Crippen molar-refractivity contribution in [3.05, 3.63) is 89.9 Å². The van der Waals surface area contributed by atoms with Crippen LogP contribution in [0, 0.1) is 5.82 Å². The molecular weight excluding hydrogens is 467 g/mol. The molecule has 0 aliphatic heterocycles. The molecule has 1 aromatic heterocycles. The van der Waals surface area contributed by atoms with Crippen molar-refractivity contribution in [3.63, 3.8) is 0 Å². The Hall–Kier alpha value is -4.01. The number of carbonyl (C=O) groups is 1. The number of likely N-dealkylation sites (N-methyl/N-ethyl adjacent to an activating group) is 1. The second-order valence-corrected chi connectivity index (χ2v) is 8.45. The van der Waals surface area contributed by atoms with Crippen molar-refractivity contribution >= 4 is 57.1 Å². The zero-order valence-electron chi connectivity index (χ0n) is 19.2. The van der Waals surface area contributed by atoms with Gasteiger partial charge in [-0.1, -0.05) is 41.9 Å². The molecule has 178 valence electrons. The standard InChI is InChI=1S/C26H24ClFN6O/c1-34(2)13-5-8-25(35)31-18-9-10-22(28)23(16-18)32-26-29-12-11-24(33-26)30-19-14-17-6-3-4-7-20(17)21(27)15-19/h3-12,14-16H,13H2,1-2H3,(H,31,35)(H2,29,30,32,33)/b8-5+. The van der Waals surface area contributed by atoms with Crippen LogP contribution >= 0.6 is 11.6 Å². The summed E-state index contributed by atoms with van der Waals surface area (Å²) in [7, 11) is 3.81. The van der Waals surface area contributed by atoms with E-state index in [-0.39, 0.29) is 17.5 Å². The van der Waals surface area contributed by atoms with E-state index in [4.69, 9.17) is 11.6 Å². The summed E-state index contributed by atoms with van der Waals surface area (Å²) >= 11 is 6.41. The van der Waals surface area contributed by atoms with E-state index in [0.717, 1.165) is 16.5 Å². The maximum Gasteiger partial charge on any atom is 0.248 e. The van der Waals surface area contributed by atoms with Crippen LogP contribution in [0.2, 0.25) is 5.02 Å². The first-order chi connectivity index (χ1) is 16.9. The van der Waals surface area contributed by atoms with Gasteiger partial charge < -0.3 is 20.9 Å². The van der Waals surface area contributed by atoms with Crippen molar-refractivity contribution in [3.8, 4) is 0 Å². The minimum Gasteiger partial charge on any atom is -0.340 e. The van der Waals surface area contributed by atoms with Crippen LogP contribution in [0.1, 0.15) is 0 Å². The van der Waals surface area contributed by atoms with Crippen LogP contribution in [0.5, 0.6) is 0 Å². The third-order valence-electron chi connectivity index (χ3n) is 4.96. The minimum atomic E-state index is -0.505. The lowest BCUT2D eigenvalue weighted by atomic mass is 10.1. The molecule has 0 unspecified atom stereocenters. The fourth-order valence-electron chi connectivity index (χ4n) is 3.35. The number of hydrogen-bond acceptors (Lipinski definition) is 6. The Morgan fingerprint density at radius 2 is 1.89 bits per heavy atom. The van der Waals surface area contributed by atoms with E-state index in [1.807, 2.05) is 55.4 Å². The highest BCUT2D eigenvalue weighted by atomic mass is 35.5. The van der Waals surface area contributed by atoms with Crippen molar-refractivity contribution < 1.29 is 9.18 Å². The number of amides is 1. The number of halogens is 2. The number of hydrogen-bond donors (Lipinski definition) is 3. The monoisotopic (exact) mass is 490 g/mol. The molecule has 7 nitrogen and oxygen atoms in total. The van der Waals surface area contributed by atoms with Gasteiger partial charge in [0.2, 0.25) is 11.9 Å². The Kier molecular flexibility index (Phi) is 7.54. The number of nitrogens with one attached hydrogen (secondary N) is 3. The van der Waals surface area contributed by atoms with Gasteiger partial charge in [-0.15, -0.1) is 0 Å². The number of carbonyl (C=O) groups excluding carboxylic acids is 1. The molecule has 9 heteroatoms. The van der Waals surface area contributed by atoms with E-state index in [0.29, 0.717) is 23.1 Å². The lowest BCUT2D eigenvalue weighted by Gasteiger charge is -2.11. The molecule has 4 rings (SSSR count). The first-order valence-corrected chi connectivity index (χ1v) is 11.2. The van der Waals surface area contributed by atoms with Gasteiger partial charge in [0.05, 0.1) is 10.7 Å². The van der Waals surface area contributed by atoms with Crippen LogP contribution in [0.25, 0.3) is 10.8 Å². The number of nitrogens with zero attached hydrogens (tertiary/aromatic N) is 3. The van der Waals surface area contributed by atoms with Gasteiger partial charge in [0.15, 0.2) is 0 Å². The van der Waals surface area contributed by atoms with Crippen molar-refractivity contribution in [2.45, 2.75) is 0 Å². The molecular formula is C26H24ClFN6O. The zero-order valence-corrected chi connectivity index (χ0v) is 20.0. The molecule has 0 radical (unpaired) electrons. The summed E-state index contributed by atoms with van der Waals surface area (Å²) in [5, 5.41) is 11.4. The van der Waals surface area contributed by atoms with Crippen LogP contribution in [0.15, 0.2) is 79.0 Å². The van der Waals surface area contributed by atoms with Crippen LogP contribution in [0.4, 0.5) is 33.2 Å². The van der Waals surface area contributed by atoms with Crippen LogP contribution < -0.4 is 16.0 Å². The quantitative estimate of drug-likeness (QED) is 0.264. The van der Waals surface area contributed by atoms with Gasteiger partial charge in [0.25, 0.3) is 0 Å². The first-order valence-electron chi connectivity index (χ1n) is 10.8. The first kappa shape index (κ1) is 24.1. The fourth-order valence-corrected chi connectivity index (χ4v) is 3.64. The van der Waals surface area contributed by atoms with Crippen molar-refractivity contribution in [2.75, 3.05) is 36.6 Å². The number of anilines is 5. The van der Waals surface area contributed by atoms with Gasteiger partial charge in [-0.05, 0) is 55.9 Å². The number of aromatic nitrogens is 2. The van der Waals surface area contributed by atoms with Crippen molar-refractivity contribution in [1.82, 2.24) is 14.9 Å². The van der Waals surface area contributed by atoms with E-state index < -0.39 is 5.82 Å². The molecule has 0 bridgehead atoms. The second kappa shape index (κ2) is 10.9. The normalized spacial score (nSPS) is 11.2. The molecule has 3 N–H and O–H groups in total. The predicted octanol–water partition coefficient (Wildman–Crippen LogP) is 5.97. The molecule has 0 saturated heterocycles. The average Bonchev–Trinajstić information content (AvgIpc) is 2.81. The summed E-state index contributed by atoms with van der Waals surface area (Å²) in [6, 6.07) is 17.5. The van der Waals surface area contributed by atoms with Crippen molar-refractivity contribution in [1.29, 1.82) is 0 Å². The molecule has 0 aliphatic rings. The average molecular weight is 491 g/mol. The smallest absolute Gasteiger partial charge is 0.248 e. The molecule has 0 spiro atoms. The molecule has 1 amide bonds. The Labute approximate surface area is 207 Å². The molecule has 3 aromatic carbocycles. The Morgan fingerprint density at radius 1 is 1.06 bits per heavy atom. The Bertz CT molecular complexity index is 1390. The highest BCUT2D eigenvalue weighted by Gasteiger charge is 2.09. The highest BCUT2D eigenvalue weighted by molar-refractivity contribution is 6.35. The van der Waals surface area contributed by atoms with Gasteiger partial charge in [0.1, 0.15) is 11.6 Å². The van der Waals surface area contributed by atoms with Gasteiger partial charge in [-0.25, -0.2) is 9.37 Å². The number of rotatable bonds is 8. The minimum absolute atomic E-state index is 0.131. The lowest BCUT2D eigenvalue weighted by Crippen LogP contribution is -2.13. The maximum atomic E-state index is 14.4. The highest BCUT2D eigenvalue weighted by Crippen LogP contribution is 2.29. The molecule has 35 heavy (non-hydrogen) atoms. The van der Waals surface area contributed by atoms with E-state index >= 15 is 0 Å². The van der Waals surface area contributed by atoms with E-state index in [2.05, 4.69) is 25.9 Å². The number of benzene rings is 3. The summed E-state index contributed by atoms with van der Waals surface area (Å²) in [6.07, 6.45) is 4.74. The molecule has 0 fully saturated rings. The van der Waals surface area contributed by atoms with Crippen LogP contribution in [0.3, 0.4) is 0 Å². The Balaban J connectivity index is 1.48. The summed E-state index contributed by atoms with van der Waals surface area (Å²) in [5.41, 5.74) is 1.33. The van der Waals surface area contributed by atoms with E-state index in [1.165, 1.54) is 24.3 Å². The van der Waals surface area contributed by atoms with Gasteiger partial charge in [-0.3, -0.25) is 4.79 Å². The largest absolute Gasteiger partial charge is 0.340 e. The van der Waals surface area contributed by atoms with Crippen LogP contribution in [-0.2, 0) is 4.79 Å². The SMILES string of the molecule is CN(C)C/C=C/C(=O)Nc1ccc(F)c(Nc2nccc(Nc3cc(Cl)c4ccccc4c3)n2)c1. The Morgan fingerprint density at radius 3 is 2.71 bits per heavy atom. The summed E-state index contributed by atoms with van der Waals surface area (Å²) < 4.78 is 14.4. The lowest BCUT2D eigenvalue weighted by molar-refractivity contribution is -0.111. The van der Waals surface area contributed by atoms with E-state index in [1.54, 1.807) is 18.3 Å². The predicted molar refractivity (Wildman–Crippen MR) is 140 cm³/mol. The summed E-state index contributed by atoms with van der Waals surface area (Å²) in [6.45, 7) is 0.636. The third kappa shape index (κ3) is 6.53.